The Balaban J connectivity index is 0.000000198. The lowest BCUT2D eigenvalue weighted by molar-refractivity contribution is -0.0353. The zero-order valence-electron chi connectivity index (χ0n) is 30.4. The lowest BCUT2D eigenvalue weighted by Crippen LogP contribution is -2.32. The Morgan fingerprint density at radius 3 is 1.71 bits per heavy atom. The van der Waals surface area contributed by atoms with Crippen molar-refractivity contribution < 1.29 is 29.9 Å². The van der Waals surface area contributed by atoms with Gasteiger partial charge in [-0.15, -0.1) is 26.4 Å². The van der Waals surface area contributed by atoms with E-state index < -0.39 is 62.9 Å². The number of rotatable bonds is 8. The maximum absolute atomic E-state index is 12.4. The first-order chi connectivity index (χ1) is 23.6. The zero-order chi connectivity index (χ0) is 37.9. The highest BCUT2D eigenvalue weighted by molar-refractivity contribution is 7.72. The highest BCUT2D eigenvalue weighted by Gasteiger charge is 2.46. The van der Waals surface area contributed by atoms with Crippen molar-refractivity contribution in [3.8, 4) is 0 Å². The Bertz CT molecular complexity index is 2150. The Morgan fingerprint density at radius 1 is 0.745 bits per heavy atom. The summed E-state index contributed by atoms with van der Waals surface area (Å²) in [5.41, 5.74) is 6.31. The molecular weight excluding hydrogens is 700 g/mol. The minimum Gasteiger partial charge on any atom is -0.388 e. The number of aliphatic hydroxyl groups is 4. The molecule has 4 aromatic heterocycles. The molecule has 0 aromatic carbocycles. The number of imidazole rings is 2. The summed E-state index contributed by atoms with van der Waals surface area (Å²) in [4.78, 5) is 41.7. The van der Waals surface area contributed by atoms with Crippen molar-refractivity contribution in [2.45, 2.75) is 75.8 Å². The van der Waals surface area contributed by atoms with Gasteiger partial charge in [0.05, 0.1) is 18.5 Å². The third-order valence-corrected chi connectivity index (χ3v) is 12.4. The van der Waals surface area contributed by atoms with Gasteiger partial charge in [0.25, 0.3) is 11.1 Å². The molecule has 51 heavy (non-hydrogen) atoms. The Kier molecular flexibility index (Phi) is 11.0. The first-order valence-corrected chi connectivity index (χ1v) is 22.7. The van der Waals surface area contributed by atoms with Gasteiger partial charge in [0.2, 0.25) is 5.95 Å². The van der Waals surface area contributed by atoms with Gasteiger partial charge in [-0.3, -0.25) is 27.9 Å². The fourth-order valence-corrected chi connectivity index (χ4v) is 8.05. The largest absolute Gasteiger partial charge is 0.388 e. The molecule has 0 aliphatic carbocycles. The van der Waals surface area contributed by atoms with Crippen LogP contribution in [0.15, 0.2) is 15.9 Å². The first kappa shape index (κ1) is 39.1. The van der Waals surface area contributed by atoms with E-state index in [9.17, 15) is 30.0 Å². The van der Waals surface area contributed by atoms with Crippen molar-refractivity contribution in [1.29, 1.82) is 0 Å². The van der Waals surface area contributed by atoms with E-state index in [2.05, 4.69) is 59.2 Å². The number of nitrogen functional groups attached to an aromatic ring is 1. The highest BCUT2D eigenvalue weighted by Crippen LogP contribution is 2.41. The molecule has 6 N–H and O–H groups in total. The van der Waals surface area contributed by atoms with Crippen LogP contribution in [0.25, 0.3) is 22.3 Å². The SMILES string of the molecule is C=P(C)(C)CC[C@H]1O[C@@H](n2c(N)nc3c(=O)n(C)c(C)nc32)[C@H](O)[C@@H]1O.C=P(C)(C)CC[C@H]1O[C@@H](n2cnc3c(=O)n(C)c(C)nc32)[C@H](O)[C@@H]1O. The van der Waals surface area contributed by atoms with Crippen LogP contribution >= 0.6 is 13.8 Å². The molecule has 0 spiro atoms. The molecule has 8 atom stereocenters. The second-order valence-electron chi connectivity index (χ2n) is 14.9. The molecule has 19 heteroatoms. The third-order valence-electron chi connectivity index (χ3n) is 9.44. The number of aromatic nitrogens is 8. The van der Waals surface area contributed by atoms with Crippen LogP contribution in [-0.2, 0) is 23.6 Å². The summed E-state index contributed by atoms with van der Waals surface area (Å²) in [6, 6.07) is 0. The molecule has 6 rings (SSSR count). The van der Waals surface area contributed by atoms with Crippen LogP contribution in [0.1, 0.15) is 36.9 Å². The van der Waals surface area contributed by atoms with E-state index in [0.29, 0.717) is 30.1 Å². The fraction of sp³-hybridized carbons (Fsp3) is 0.625. The second-order valence-corrected chi connectivity index (χ2v) is 23.5. The second kappa shape index (κ2) is 14.4. The summed E-state index contributed by atoms with van der Waals surface area (Å²) in [7, 11) is 3.23. The molecule has 2 aliphatic heterocycles. The Hall–Kier alpha value is -3.14. The third kappa shape index (κ3) is 7.81. The fourth-order valence-electron chi connectivity index (χ4n) is 6.14. The van der Waals surface area contributed by atoms with Crippen LogP contribution in [0, 0.1) is 13.8 Å². The average molecular weight is 752 g/mol. The van der Waals surface area contributed by atoms with Gasteiger partial charge in [0.1, 0.15) is 36.1 Å². The number of anilines is 1. The smallest absolute Gasteiger partial charge is 0.281 e. The van der Waals surface area contributed by atoms with Crippen molar-refractivity contribution in [3.63, 3.8) is 0 Å². The number of hydrogen-bond acceptors (Lipinski definition) is 13. The Labute approximate surface area is 295 Å². The van der Waals surface area contributed by atoms with Crippen molar-refractivity contribution in [2.24, 2.45) is 14.1 Å². The predicted molar refractivity (Wildman–Crippen MR) is 202 cm³/mol. The summed E-state index contributed by atoms with van der Waals surface area (Å²) < 4.78 is 17.5. The molecule has 2 aliphatic rings. The first-order valence-electron chi connectivity index (χ1n) is 16.6. The van der Waals surface area contributed by atoms with Gasteiger partial charge in [-0.2, -0.15) is 0 Å². The van der Waals surface area contributed by atoms with Crippen LogP contribution in [0.4, 0.5) is 5.95 Å². The molecule has 6 heterocycles. The monoisotopic (exact) mass is 751 g/mol. The number of hydrogen-bond donors (Lipinski definition) is 5. The van der Waals surface area contributed by atoms with Crippen molar-refractivity contribution in [2.75, 3.05) is 44.7 Å². The van der Waals surface area contributed by atoms with Crippen LogP contribution < -0.4 is 16.9 Å². The van der Waals surface area contributed by atoms with Gasteiger partial charge in [0, 0.05) is 14.1 Å². The predicted octanol–water partition coefficient (Wildman–Crippen LogP) is -0.104. The molecule has 0 bridgehead atoms. The van der Waals surface area contributed by atoms with Crippen LogP contribution in [0.5, 0.6) is 0 Å². The summed E-state index contributed by atoms with van der Waals surface area (Å²) in [6.07, 6.45) is 5.48. The van der Waals surface area contributed by atoms with Crippen molar-refractivity contribution in [1.82, 2.24) is 38.2 Å². The molecule has 0 unspecified atom stereocenters. The number of aliphatic hydroxyl groups excluding tert-OH is 4. The van der Waals surface area contributed by atoms with Gasteiger partial charge >= 0.3 is 0 Å². The maximum atomic E-state index is 12.4. The molecule has 0 radical (unpaired) electrons. The molecule has 282 valence electrons. The van der Waals surface area contributed by atoms with Gasteiger partial charge in [-0.1, -0.05) is 0 Å². The quantitative estimate of drug-likeness (QED) is 0.148. The van der Waals surface area contributed by atoms with E-state index in [1.54, 1.807) is 27.9 Å². The minimum absolute atomic E-state index is 0.0112. The molecule has 2 fully saturated rings. The molecule has 0 amide bonds. The van der Waals surface area contributed by atoms with Crippen LogP contribution in [-0.4, -0.2) is 147 Å². The standard InChI is InChI=1S/C16H26N5O4P.C16H25N4O4P/c1-8-18-13-10(14(24)20(8)2)19-16(17)21(13)15-12(23)11(22)9(25-15)6-7-26(3,4)5;1-9-18-14-11(15(23)19(9)2)17-8-20(14)16-13(22)12(21)10(24-16)6-7-25(3,4)5/h9,11-12,15,22-23H,3,6-7H2,1-2,4-5H3,(H2,17,19);8,10,12-13,16,21-22H,3,6-7H2,1-2,4-5H3/t9-,11-,12-,15-;10-,12-,13-,16-/m11/s1. The van der Waals surface area contributed by atoms with Gasteiger partial charge in [0.15, 0.2) is 34.8 Å². The van der Waals surface area contributed by atoms with E-state index in [-0.39, 0.29) is 33.7 Å². The number of fused-ring (bicyclic) bond motifs is 2. The summed E-state index contributed by atoms with van der Waals surface area (Å²) >= 11 is 0. The topological polar surface area (TPSA) is 231 Å². The van der Waals surface area contributed by atoms with Gasteiger partial charge in [-0.05, 0) is 65.7 Å². The van der Waals surface area contributed by atoms with Gasteiger partial charge in [-0.25, -0.2) is 19.9 Å². The molecule has 0 saturated carbocycles. The van der Waals surface area contributed by atoms with E-state index >= 15 is 0 Å². The Morgan fingerprint density at radius 2 is 1.20 bits per heavy atom. The lowest BCUT2D eigenvalue weighted by atomic mass is 10.1. The average Bonchev–Trinajstić information content (AvgIpc) is 3.76. The number of aryl methyl sites for hydroxylation is 2. The maximum Gasteiger partial charge on any atom is 0.281 e. The van der Waals surface area contributed by atoms with E-state index in [4.69, 9.17) is 15.2 Å². The number of nitrogens with two attached hydrogens (primary N) is 1. The summed E-state index contributed by atoms with van der Waals surface area (Å²) in [6.45, 7) is 9.33. The van der Waals surface area contributed by atoms with Crippen LogP contribution in [0.2, 0.25) is 0 Å². The van der Waals surface area contributed by atoms with Gasteiger partial charge < -0.3 is 35.6 Å². The molecule has 17 nitrogen and oxygen atoms in total. The summed E-state index contributed by atoms with van der Waals surface area (Å²) in [5.74, 6) is 1.03. The van der Waals surface area contributed by atoms with Crippen molar-refractivity contribution in [3.05, 3.63) is 38.7 Å². The lowest BCUT2D eigenvalue weighted by Gasteiger charge is -2.19. The van der Waals surface area contributed by atoms with E-state index in [1.807, 2.05) is 0 Å². The highest BCUT2D eigenvalue weighted by atomic mass is 31.2. The van der Waals surface area contributed by atoms with E-state index in [1.165, 1.54) is 24.6 Å². The minimum atomic E-state index is -1.28. The van der Waals surface area contributed by atoms with Crippen LogP contribution in [0.3, 0.4) is 0 Å². The summed E-state index contributed by atoms with van der Waals surface area (Å²) in [5, 5.41) is 41.7. The zero-order valence-corrected chi connectivity index (χ0v) is 32.2. The van der Waals surface area contributed by atoms with E-state index in [0.717, 1.165) is 12.3 Å². The number of ether oxygens (including phenoxy) is 2. The van der Waals surface area contributed by atoms with Crippen molar-refractivity contribution >= 4 is 54.6 Å². The molecule has 2 saturated heterocycles. The number of nitrogens with zero attached hydrogens (tertiary/aromatic N) is 8. The normalized spacial score (nSPS) is 27.0. The molecular formula is C32H51N9O8P2. The molecule has 4 aromatic rings.